The number of benzene rings is 1. The fraction of sp³-hybridized carbons (Fsp3) is 0.760. The lowest BCUT2D eigenvalue weighted by Crippen LogP contribution is -2.50. The van der Waals surface area contributed by atoms with Gasteiger partial charge in [-0.1, -0.05) is 46.6 Å². The smallest absolute Gasteiger partial charge is 0.120 e. The highest BCUT2D eigenvalue weighted by atomic mass is 16.5. The van der Waals surface area contributed by atoms with Crippen molar-refractivity contribution in [3.63, 3.8) is 0 Å². The number of nitrogens with zero attached hydrogens (tertiary/aromatic N) is 2. The van der Waals surface area contributed by atoms with Crippen molar-refractivity contribution < 1.29 is 4.74 Å². The molecule has 2 saturated carbocycles. The van der Waals surface area contributed by atoms with Crippen LogP contribution in [0.3, 0.4) is 0 Å². The van der Waals surface area contributed by atoms with Crippen LogP contribution < -0.4 is 9.64 Å². The van der Waals surface area contributed by atoms with Crippen LogP contribution in [0.4, 0.5) is 5.69 Å². The Morgan fingerprint density at radius 2 is 1.75 bits per heavy atom. The van der Waals surface area contributed by atoms with Crippen LogP contribution in [0.5, 0.6) is 5.75 Å². The lowest BCUT2D eigenvalue weighted by atomic mass is 9.52. The van der Waals surface area contributed by atoms with Crippen LogP contribution in [0.2, 0.25) is 0 Å². The molecule has 2 unspecified atom stereocenters. The van der Waals surface area contributed by atoms with E-state index in [0.717, 1.165) is 30.7 Å². The summed E-state index contributed by atoms with van der Waals surface area (Å²) in [6, 6.07) is 6.87. The van der Waals surface area contributed by atoms with E-state index in [1.54, 1.807) is 12.7 Å². The molecule has 156 valence electrons. The maximum atomic E-state index is 5.64. The first-order valence-corrected chi connectivity index (χ1v) is 11.5. The third-order valence-electron chi connectivity index (χ3n) is 8.69. The van der Waals surface area contributed by atoms with Crippen LogP contribution in [0.25, 0.3) is 0 Å². The Morgan fingerprint density at radius 1 is 1.04 bits per heavy atom. The minimum atomic E-state index is 0.206. The van der Waals surface area contributed by atoms with Gasteiger partial charge in [0.25, 0.3) is 0 Å². The van der Waals surface area contributed by atoms with Crippen LogP contribution in [0.1, 0.15) is 65.4 Å². The molecule has 1 heterocycles. The summed E-state index contributed by atoms with van der Waals surface area (Å²) in [6.45, 7) is 16.0. The highest BCUT2D eigenvalue weighted by Crippen LogP contribution is 2.56. The Hall–Kier alpha value is -1.22. The van der Waals surface area contributed by atoms with E-state index in [1.165, 1.54) is 57.4 Å². The molecule has 3 heteroatoms. The summed E-state index contributed by atoms with van der Waals surface area (Å²) in [5.41, 5.74) is 3.47. The number of ether oxygens (including phenoxy) is 1. The van der Waals surface area contributed by atoms with Gasteiger partial charge in [-0.15, -0.1) is 0 Å². The van der Waals surface area contributed by atoms with Crippen LogP contribution >= 0.6 is 0 Å². The van der Waals surface area contributed by atoms with Crippen LogP contribution in [-0.2, 0) is 5.41 Å². The summed E-state index contributed by atoms with van der Waals surface area (Å²) in [5.74, 6) is 2.73. The van der Waals surface area contributed by atoms with Gasteiger partial charge < -0.3 is 9.64 Å². The van der Waals surface area contributed by atoms with Gasteiger partial charge in [-0.2, -0.15) is 0 Å². The zero-order valence-electron chi connectivity index (χ0n) is 18.8. The Morgan fingerprint density at radius 3 is 2.39 bits per heavy atom. The van der Waals surface area contributed by atoms with Gasteiger partial charge in [-0.3, -0.25) is 4.90 Å². The van der Waals surface area contributed by atoms with Crippen molar-refractivity contribution in [3.05, 3.63) is 23.8 Å². The molecule has 2 aliphatic carbocycles. The SMILES string of the molecule is COc1ccc(C2(C)CCCC(C)C2(C)C)c(N2CCN(CC3CC3)CC2)c1. The van der Waals surface area contributed by atoms with Crippen molar-refractivity contribution in [3.8, 4) is 5.75 Å². The van der Waals surface area contributed by atoms with E-state index < -0.39 is 0 Å². The molecule has 1 aromatic carbocycles. The summed E-state index contributed by atoms with van der Waals surface area (Å²) in [5, 5.41) is 0. The molecule has 4 rings (SSSR count). The fourth-order valence-electron chi connectivity index (χ4n) is 5.67. The fourth-order valence-corrected chi connectivity index (χ4v) is 5.67. The van der Waals surface area contributed by atoms with Crippen molar-refractivity contribution in [1.82, 2.24) is 4.90 Å². The first-order valence-electron chi connectivity index (χ1n) is 11.5. The summed E-state index contributed by atoms with van der Waals surface area (Å²) < 4.78 is 5.64. The van der Waals surface area contributed by atoms with Gasteiger partial charge in [-0.25, -0.2) is 0 Å². The van der Waals surface area contributed by atoms with E-state index in [4.69, 9.17) is 4.74 Å². The molecule has 2 atom stereocenters. The topological polar surface area (TPSA) is 15.7 Å². The highest BCUT2D eigenvalue weighted by molar-refractivity contribution is 5.61. The molecule has 1 aromatic rings. The molecule has 0 amide bonds. The Labute approximate surface area is 172 Å². The minimum Gasteiger partial charge on any atom is -0.497 e. The summed E-state index contributed by atoms with van der Waals surface area (Å²) in [7, 11) is 1.79. The quantitative estimate of drug-likeness (QED) is 0.682. The van der Waals surface area contributed by atoms with Gasteiger partial charge in [0.15, 0.2) is 0 Å². The van der Waals surface area contributed by atoms with E-state index >= 15 is 0 Å². The van der Waals surface area contributed by atoms with E-state index in [9.17, 15) is 0 Å². The van der Waals surface area contributed by atoms with Crippen molar-refractivity contribution in [2.24, 2.45) is 17.3 Å². The molecule has 0 bridgehead atoms. The van der Waals surface area contributed by atoms with Crippen LogP contribution in [0, 0.1) is 17.3 Å². The second-order valence-corrected chi connectivity index (χ2v) is 10.5. The normalized spacial score (nSPS) is 31.0. The molecule has 0 aromatic heterocycles. The van der Waals surface area contributed by atoms with Crippen LogP contribution in [0.15, 0.2) is 18.2 Å². The Bertz CT molecular complexity index is 688. The van der Waals surface area contributed by atoms with Gasteiger partial charge in [0.2, 0.25) is 0 Å². The number of anilines is 1. The third-order valence-corrected chi connectivity index (χ3v) is 8.69. The molecule has 1 saturated heterocycles. The molecule has 3 fully saturated rings. The van der Waals surface area contributed by atoms with Gasteiger partial charge in [0.05, 0.1) is 7.11 Å². The lowest BCUT2D eigenvalue weighted by molar-refractivity contribution is 0.0478. The molecule has 0 spiro atoms. The molecular formula is C25H40N2O. The first kappa shape index (κ1) is 20.1. The molecule has 1 aliphatic heterocycles. The number of rotatable bonds is 5. The lowest BCUT2D eigenvalue weighted by Gasteiger charge is -2.53. The van der Waals surface area contributed by atoms with E-state index in [2.05, 4.69) is 55.7 Å². The molecule has 28 heavy (non-hydrogen) atoms. The number of hydrogen-bond donors (Lipinski definition) is 0. The Kier molecular flexibility index (Phi) is 5.41. The average Bonchev–Trinajstić information content (AvgIpc) is 3.50. The average molecular weight is 385 g/mol. The van der Waals surface area contributed by atoms with Crippen LogP contribution in [-0.4, -0.2) is 44.7 Å². The third kappa shape index (κ3) is 3.56. The molecule has 3 aliphatic rings. The minimum absolute atomic E-state index is 0.206. The summed E-state index contributed by atoms with van der Waals surface area (Å²) in [4.78, 5) is 5.32. The van der Waals surface area contributed by atoms with E-state index in [0.29, 0.717) is 5.41 Å². The maximum Gasteiger partial charge on any atom is 0.120 e. The Balaban J connectivity index is 1.63. The van der Waals surface area contributed by atoms with Gasteiger partial charge >= 0.3 is 0 Å². The van der Waals surface area contributed by atoms with Crippen molar-refractivity contribution in [1.29, 1.82) is 0 Å². The predicted octanol–water partition coefficient (Wildman–Crippen LogP) is 5.33. The predicted molar refractivity (Wildman–Crippen MR) is 119 cm³/mol. The van der Waals surface area contributed by atoms with Crippen molar-refractivity contribution in [2.75, 3.05) is 44.7 Å². The molecular weight excluding hydrogens is 344 g/mol. The number of hydrogen-bond acceptors (Lipinski definition) is 3. The summed E-state index contributed by atoms with van der Waals surface area (Å²) >= 11 is 0. The van der Waals surface area contributed by atoms with Gasteiger partial charge in [-0.05, 0) is 53.6 Å². The number of piperazine rings is 1. The van der Waals surface area contributed by atoms with E-state index in [1.807, 2.05) is 0 Å². The molecule has 0 radical (unpaired) electrons. The standard InChI is InChI=1S/C25H40N2O/c1-19-7-6-12-25(4,24(19,2)3)22-11-10-21(28-5)17-23(22)27-15-13-26(14-16-27)18-20-8-9-20/h10-11,17,19-20H,6-9,12-16,18H2,1-5H3. The van der Waals surface area contributed by atoms with Gasteiger partial charge in [0.1, 0.15) is 5.75 Å². The van der Waals surface area contributed by atoms with E-state index in [-0.39, 0.29) is 5.41 Å². The van der Waals surface area contributed by atoms with Crippen molar-refractivity contribution >= 4 is 5.69 Å². The zero-order chi connectivity index (χ0) is 19.9. The maximum absolute atomic E-state index is 5.64. The molecule has 0 N–H and O–H groups in total. The first-order chi connectivity index (χ1) is 13.3. The van der Waals surface area contributed by atoms with Crippen molar-refractivity contribution in [2.45, 2.75) is 65.2 Å². The van der Waals surface area contributed by atoms with Gasteiger partial charge in [0, 0.05) is 44.5 Å². The summed E-state index contributed by atoms with van der Waals surface area (Å²) in [6.07, 6.45) is 6.87. The monoisotopic (exact) mass is 384 g/mol. The second kappa shape index (κ2) is 7.55. The second-order valence-electron chi connectivity index (χ2n) is 10.5. The highest BCUT2D eigenvalue weighted by Gasteiger charge is 2.49. The number of methoxy groups -OCH3 is 1. The largest absolute Gasteiger partial charge is 0.497 e. The molecule has 3 nitrogen and oxygen atoms in total. The zero-order valence-corrected chi connectivity index (χ0v) is 18.8.